The van der Waals surface area contributed by atoms with Gasteiger partial charge in [-0.05, 0) is 79.3 Å². The van der Waals surface area contributed by atoms with Crippen LogP contribution in [0.25, 0.3) is 0 Å². The van der Waals surface area contributed by atoms with E-state index in [4.69, 9.17) is 11.6 Å². The lowest BCUT2D eigenvalue weighted by atomic mass is 9.74. The van der Waals surface area contributed by atoms with Crippen molar-refractivity contribution in [2.75, 3.05) is 0 Å². The fraction of sp³-hybridized carbons (Fsp3) is 0.310. The molecule has 5 rings (SSSR count). The second-order valence-corrected chi connectivity index (χ2v) is 10.8. The Bertz CT molecular complexity index is 1410. The standard InChI is InChI=1S/C29H26ClFN2O3/c1-17-14-28(17,36)29(20-8-10-22(30)11-9-20)25-23(12-21(13-24(25)31)27(2,3)35)26(34)33(29)16-19-6-4-18(15-32)5-7-19/h4-13,17,35-36H,14,16H2,1-3H3/t17?,28?,29-/m1/s1. The fourth-order valence-corrected chi connectivity index (χ4v) is 5.72. The summed E-state index contributed by atoms with van der Waals surface area (Å²) in [5.41, 5.74) is -2.06. The number of nitrogens with zero attached hydrogens (tertiary/aromatic N) is 2. The lowest BCUT2D eigenvalue weighted by molar-refractivity contribution is -0.0241. The van der Waals surface area contributed by atoms with Gasteiger partial charge in [0.05, 0.1) is 22.8 Å². The average molecular weight is 505 g/mol. The van der Waals surface area contributed by atoms with Gasteiger partial charge in [-0.25, -0.2) is 4.39 Å². The van der Waals surface area contributed by atoms with E-state index in [0.29, 0.717) is 22.6 Å². The Morgan fingerprint density at radius 1 is 1.17 bits per heavy atom. The average Bonchev–Trinajstić information content (AvgIpc) is 3.37. The summed E-state index contributed by atoms with van der Waals surface area (Å²) in [5.74, 6) is -1.31. The highest BCUT2D eigenvalue weighted by molar-refractivity contribution is 6.30. The Morgan fingerprint density at radius 2 is 1.78 bits per heavy atom. The van der Waals surface area contributed by atoms with Crippen molar-refractivity contribution < 1.29 is 19.4 Å². The molecule has 1 amide bonds. The van der Waals surface area contributed by atoms with Crippen molar-refractivity contribution in [3.8, 4) is 6.07 Å². The van der Waals surface area contributed by atoms with Gasteiger partial charge in [-0.2, -0.15) is 5.26 Å². The van der Waals surface area contributed by atoms with Crippen LogP contribution in [-0.4, -0.2) is 26.6 Å². The molecule has 1 heterocycles. The van der Waals surface area contributed by atoms with Crippen LogP contribution >= 0.6 is 11.6 Å². The highest BCUT2D eigenvalue weighted by Gasteiger charge is 2.72. The molecule has 0 radical (unpaired) electrons. The van der Waals surface area contributed by atoms with Gasteiger partial charge in [-0.1, -0.05) is 42.8 Å². The van der Waals surface area contributed by atoms with Gasteiger partial charge in [0.25, 0.3) is 5.91 Å². The van der Waals surface area contributed by atoms with E-state index in [1.165, 1.54) is 30.9 Å². The largest absolute Gasteiger partial charge is 0.386 e. The molecule has 36 heavy (non-hydrogen) atoms. The number of nitriles is 1. The summed E-state index contributed by atoms with van der Waals surface area (Å²) in [5, 5.41) is 32.3. The third-order valence-electron chi connectivity index (χ3n) is 7.62. The Hall–Kier alpha value is -3.24. The van der Waals surface area contributed by atoms with E-state index in [1.807, 2.05) is 6.92 Å². The van der Waals surface area contributed by atoms with Crippen molar-refractivity contribution in [2.24, 2.45) is 5.92 Å². The Labute approximate surface area is 214 Å². The van der Waals surface area contributed by atoms with E-state index in [-0.39, 0.29) is 29.2 Å². The first-order valence-corrected chi connectivity index (χ1v) is 12.2. The number of fused-ring (bicyclic) bond motifs is 1. The zero-order valence-corrected chi connectivity index (χ0v) is 21.0. The number of aliphatic hydroxyl groups is 2. The van der Waals surface area contributed by atoms with Crippen LogP contribution in [0.3, 0.4) is 0 Å². The molecule has 5 nitrogen and oxygen atoms in total. The van der Waals surface area contributed by atoms with Crippen LogP contribution in [0.5, 0.6) is 0 Å². The molecule has 1 saturated carbocycles. The second-order valence-electron chi connectivity index (χ2n) is 10.4. The third kappa shape index (κ3) is 3.46. The quantitative estimate of drug-likeness (QED) is 0.497. The lowest BCUT2D eigenvalue weighted by Gasteiger charge is -2.44. The van der Waals surface area contributed by atoms with E-state index in [1.54, 1.807) is 48.5 Å². The van der Waals surface area contributed by atoms with Crippen molar-refractivity contribution in [3.05, 3.63) is 105 Å². The second kappa shape index (κ2) is 8.14. The van der Waals surface area contributed by atoms with E-state index in [0.717, 1.165) is 5.56 Å². The number of carbonyl (C=O) groups excluding carboxylic acids is 1. The van der Waals surface area contributed by atoms with Gasteiger partial charge in [-0.3, -0.25) is 4.79 Å². The predicted molar refractivity (Wildman–Crippen MR) is 134 cm³/mol. The van der Waals surface area contributed by atoms with Crippen LogP contribution < -0.4 is 0 Å². The van der Waals surface area contributed by atoms with Crippen LogP contribution in [0.15, 0.2) is 60.7 Å². The number of rotatable bonds is 5. The number of hydrogen-bond acceptors (Lipinski definition) is 4. The highest BCUT2D eigenvalue weighted by Crippen LogP contribution is 2.64. The monoisotopic (exact) mass is 504 g/mol. The molecule has 184 valence electrons. The molecule has 2 N–H and O–H groups in total. The van der Waals surface area contributed by atoms with Crippen LogP contribution in [0.2, 0.25) is 5.02 Å². The molecule has 2 aliphatic rings. The molecule has 1 aliphatic carbocycles. The van der Waals surface area contributed by atoms with E-state index < -0.39 is 28.5 Å². The minimum atomic E-state index is -1.51. The van der Waals surface area contributed by atoms with E-state index in [9.17, 15) is 20.3 Å². The zero-order valence-electron chi connectivity index (χ0n) is 20.2. The zero-order chi connectivity index (χ0) is 26.0. The predicted octanol–water partition coefficient (Wildman–Crippen LogP) is 5.25. The summed E-state index contributed by atoms with van der Waals surface area (Å²) in [4.78, 5) is 15.6. The number of carbonyl (C=O) groups is 1. The first-order valence-electron chi connectivity index (χ1n) is 11.8. The summed E-state index contributed by atoms with van der Waals surface area (Å²) < 4.78 is 16.1. The maximum atomic E-state index is 16.1. The molecule has 0 saturated heterocycles. The molecule has 3 aromatic carbocycles. The molecular weight excluding hydrogens is 479 g/mol. The third-order valence-corrected chi connectivity index (χ3v) is 7.88. The van der Waals surface area contributed by atoms with Gasteiger partial charge in [0.2, 0.25) is 0 Å². The molecule has 1 aliphatic heterocycles. The SMILES string of the molecule is CC1CC1(O)[C@@]1(c2ccc(Cl)cc2)c2c(F)cc(C(C)(C)O)cc2C(=O)N1Cc1ccc(C#N)cc1. The van der Waals surface area contributed by atoms with Crippen LogP contribution in [0.1, 0.15) is 65.4 Å². The van der Waals surface area contributed by atoms with Crippen LogP contribution in [0, 0.1) is 23.1 Å². The Morgan fingerprint density at radius 3 is 2.31 bits per heavy atom. The topological polar surface area (TPSA) is 84.6 Å². The van der Waals surface area contributed by atoms with Gasteiger partial charge < -0.3 is 15.1 Å². The molecule has 2 unspecified atom stereocenters. The lowest BCUT2D eigenvalue weighted by Crippen LogP contribution is -2.55. The minimum Gasteiger partial charge on any atom is -0.386 e. The summed E-state index contributed by atoms with van der Waals surface area (Å²) in [6.07, 6.45) is 0.374. The van der Waals surface area contributed by atoms with E-state index in [2.05, 4.69) is 6.07 Å². The molecule has 3 atom stereocenters. The van der Waals surface area contributed by atoms with Crippen molar-refractivity contribution in [3.63, 3.8) is 0 Å². The molecule has 0 aromatic heterocycles. The molecule has 0 spiro atoms. The van der Waals surface area contributed by atoms with Crippen LogP contribution in [0.4, 0.5) is 4.39 Å². The smallest absolute Gasteiger partial charge is 0.255 e. The highest BCUT2D eigenvalue weighted by atomic mass is 35.5. The minimum absolute atomic E-state index is 0.0775. The Balaban J connectivity index is 1.81. The first-order chi connectivity index (χ1) is 16.9. The molecule has 3 aromatic rings. The Kier molecular flexibility index (Phi) is 5.53. The van der Waals surface area contributed by atoms with Crippen molar-refractivity contribution in [1.82, 2.24) is 4.90 Å². The molecule has 7 heteroatoms. The van der Waals surface area contributed by atoms with Gasteiger partial charge >= 0.3 is 0 Å². The van der Waals surface area contributed by atoms with Crippen LogP contribution in [-0.2, 0) is 17.7 Å². The van der Waals surface area contributed by atoms with Crippen molar-refractivity contribution in [1.29, 1.82) is 5.26 Å². The fourth-order valence-electron chi connectivity index (χ4n) is 5.59. The first kappa shape index (κ1) is 24.5. The van der Waals surface area contributed by atoms with Gasteiger partial charge in [-0.15, -0.1) is 0 Å². The summed E-state index contributed by atoms with van der Waals surface area (Å²) >= 11 is 6.18. The molecule has 1 fully saturated rings. The van der Waals surface area contributed by atoms with Crippen molar-refractivity contribution in [2.45, 2.75) is 50.5 Å². The van der Waals surface area contributed by atoms with Gasteiger partial charge in [0.1, 0.15) is 11.4 Å². The number of hydrogen-bond donors (Lipinski definition) is 2. The normalized spacial score (nSPS) is 25.0. The molecule has 0 bridgehead atoms. The van der Waals surface area contributed by atoms with Crippen molar-refractivity contribution >= 4 is 17.5 Å². The van der Waals surface area contributed by atoms with E-state index >= 15 is 4.39 Å². The summed E-state index contributed by atoms with van der Waals surface area (Å²) in [6, 6.07) is 18.5. The number of benzene rings is 3. The maximum absolute atomic E-state index is 16.1. The summed E-state index contributed by atoms with van der Waals surface area (Å²) in [6.45, 7) is 5.02. The summed E-state index contributed by atoms with van der Waals surface area (Å²) in [7, 11) is 0. The number of halogens is 2. The number of amides is 1. The van der Waals surface area contributed by atoms with Gasteiger partial charge in [0, 0.05) is 22.7 Å². The maximum Gasteiger partial charge on any atom is 0.255 e. The van der Waals surface area contributed by atoms with Gasteiger partial charge in [0.15, 0.2) is 0 Å². The molecular formula is C29H26ClFN2O3.